The largest absolute Gasteiger partial charge is 0.465 e. The van der Waals surface area contributed by atoms with Gasteiger partial charge in [-0.15, -0.1) is 0 Å². The molecule has 1 aliphatic rings. The average Bonchev–Trinajstić information content (AvgIpc) is 2.28. The van der Waals surface area contributed by atoms with Crippen LogP contribution in [0.2, 0.25) is 0 Å². The van der Waals surface area contributed by atoms with Crippen LogP contribution in [0.3, 0.4) is 0 Å². The molecule has 5 nitrogen and oxygen atoms in total. The van der Waals surface area contributed by atoms with Crippen LogP contribution in [0, 0.1) is 11.3 Å². The van der Waals surface area contributed by atoms with Gasteiger partial charge in [-0.05, 0) is 13.8 Å². The van der Waals surface area contributed by atoms with E-state index in [1.807, 2.05) is 11.0 Å². The number of nitriles is 1. The summed E-state index contributed by atoms with van der Waals surface area (Å²) in [5, 5.41) is 8.71. The maximum absolute atomic E-state index is 11.4. The van der Waals surface area contributed by atoms with E-state index >= 15 is 0 Å². The summed E-state index contributed by atoms with van der Waals surface area (Å²) in [5.74, 6) is -0.240. The Morgan fingerprint density at radius 1 is 1.80 bits per heavy atom. The molecular formula is C10H16N2O3. The lowest BCUT2D eigenvalue weighted by molar-refractivity contribution is -0.151. The molecule has 0 bridgehead atoms. The average molecular weight is 212 g/mol. The van der Waals surface area contributed by atoms with Gasteiger partial charge in [-0.25, -0.2) is 0 Å². The van der Waals surface area contributed by atoms with Crippen LogP contribution in [-0.2, 0) is 14.3 Å². The third kappa shape index (κ3) is 3.18. The summed E-state index contributed by atoms with van der Waals surface area (Å²) in [6.07, 6.45) is -0.435. The van der Waals surface area contributed by atoms with Crippen LogP contribution in [0.4, 0.5) is 0 Å². The van der Waals surface area contributed by atoms with Crippen LogP contribution < -0.4 is 0 Å². The maximum atomic E-state index is 11.4. The highest BCUT2D eigenvalue weighted by Gasteiger charge is 2.28. The zero-order valence-corrected chi connectivity index (χ0v) is 9.10. The molecule has 1 aliphatic heterocycles. The predicted molar refractivity (Wildman–Crippen MR) is 53.0 cm³/mol. The van der Waals surface area contributed by atoms with Gasteiger partial charge in [0.25, 0.3) is 0 Å². The summed E-state index contributed by atoms with van der Waals surface area (Å²) in [5.41, 5.74) is 0. The van der Waals surface area contributed by atoms with Crippen molar-refractivity contribution in [2.45, 2.75) is 26.0 Å². The first-order valence-corrected chi connectivity index (χ1v) is 5.11. The monoisotopic (exact) mass is 212 g/mol. The lowest BCUT2D eigenvalue weighted by Crippen LogP contribution is -2.49. The minimum absolute atomic E-state index is 0.240. The molecule has 0 saturated carbocycles. The standard InChI is InChI=1S/C10H16N2O3/c1-3-14-10(13)8(2)12-4-5-15-9(6-11)7-12/h8-9H,3-5,7H2,1-2H3. The van der Waals surface area contributed by atoms with Gasteiger partial charge in [0.05, 0.1) is 19.3 Å². The fourth-order valence-corrected chi connectivity index (χ4v) is 1.51. The molecule has 0 aromatic carbocycles. The zero-order valence-electron chi connectivity index (χ0n) is 9.10. The quantitative estimate of drug-likeness (QED) is 0.624. The first-order chi connectivity index (χ1) is 7.19. The van der Waals surface area contributed by atoms with Crippen molar-refractivity contribution in [2.75, 3.05) is 26.3 Å². The van der Waals surface area contributed by atoms with E-state index in [0.717, 1.165) is 0 Å². The number of morpholine rings is 1. The zero-order chi connectivity index (χ0) is 11.3. The number of ether oxygens (including phenoxy) is 2. The number of hydrogen-bond acceptors (Lipinski definition) is 5. The van der Waals surface area contributed by atoms with Crippen LogP contribution >= 0.6 is 0 Å². The van der Waals surface area contributed by atoms with Crippen molar-refractivity contribution in [1.82, 2.24) is 4.90 Å². The van der Waals surface area contributed by atoms with Gasteiger partial charge in [0, 0.05) is 13.1 Å². The van der Waals surface area contributed by atoms with Crippen molar-refractivity contribution in [1.29, 1.82) is 5.26 Å². The SMILES string of the molecule is CCOC(=O)C(C)N1CCOC(C#N)C1. The first kappa shape index (κ1) is 12.0. The molecule has 5 heteroatoms. The minimum atomic E-state index is -0.435. The second-order valence-corrected chi connectivity index (χ2v) is 3.41. The molecular weight excluding hydrogens is 196 g/mol. The number of hydrogen-bond donors (Lipinski definition) is 0. The molecule has 0 aromatic heterocycles. The van der Waals surface area contributed by atoms with E-state index in [-0.39, 0.29) is 12.0 Å². The molecule has 0 spiro atoms. The highest BCUT2D eigenvalue weighted by molar-refractivity contribution is 5.75. The van der Waals surface area contributed by atoms with Crippen molar-refractivity contribution in [3.8, 4) is 6.07 Å². The van der Waals surface area contributed by atoms with Crippen molar-refractivity contribution < 1.29 is 14.3 Å². The number of rotatable bonds is 3. The topological polar surface area (TPSA) is 62.6 Å². The van der Waals surface area contributed by atoms with Gasteiger partial charge in [0.1, 0.15) is 6.04 Å². The maximum Gasteiger partial charge on any atom is 0.323 e. The van der Waals surface area contributed by atoms with Crippen LogP contribution in [0.5, 0.6) is 0 Å². The molecule has 0 radical (unpaired) electrons. The van der Waals surface area contributed by atoms with E-state index in [1.165, 1.54) is 0 Å². The Kier molecular flexibility index (Phi) is 4.53. The molecule has 0 aromatic rings. The highest BCUT2D eigenvalue weighted by Crippen LogP contribution is 2.09. The molecule has 0 amide bonds. The molecule has 1 rings (SSSR count). The summed E-state index contributed by atoms with van der Waals surface area (Å²) in [6.45, 7) is 5.57. The van der Waals surface area contributed by atoms with E-state index in [0.29, 0.717) is 26.3 Å². The van der Waals surface area contributed by atoms with Gasteiger partial charge in [-0.1, -0.05) is 0 Å². The number of esters is 1. The smallest absolute Gasteiger partial charge is 0.323 e. The van der Waals surface area contributed by atoms with Crippen LogP contribution in [0.15, 0.2) is 0 Å². The van der Waals surface area contributed by atoms with Gasteiger partial charge >= 0.3 is 5.97 Å². The molecule has 0 aliphatic carbocycles. The normalized spacial score (nSPS) is 24.2. The lowest BCUT2D eigenvalue weighted by Gasteiger charge is -2.32. The third-order valence-corrected chi connectivity index (χ3v) is 2.42. The van der Waals surface area contributed by atoms with Gasteiger partial charge in [0.15, 0.2) is 6.10 Å². The minimum Gasteiger partial charge on any atom is -0.465 e. The Morgan fingerprint density at radius 3 is 3.13 bits per heavy atom. The second-order valence-electron chi connectivity index (χ2n) is 3.41. The molecule has 0 N–H and O–H groups in total. The Bertz CT molecular complexity index is 262. The van der Waals surface area contributed by atoms with Gasteiger partial charge in [0.2, 0.25) is 0 Å². The fourth-order valence-electron chi connectivity index (χ4n) is 1.51. The summed E-state index contributed by atoms with van der Waals surface area (Å²) < 4.78 is 10.1. The summed E-state index contributed by atoms with van der Waals surface area (Å²) in [7, 11) is 0. The first-order valence-electron chi connectivity index (χ1n) is 5.11. The van der Waals surface area contributed by atoms with Crippen molar-refractivity contribution in [2.24, 2.45) is 0 Å². The summed E-state index contributed by atoms with van der Waals surface area (Å²) >= 11 is 0. The van der Waals surface area contributed by atoms with Crippen molar-refractivity contribution in [3.05, 3.63) is 0 Å². The Labute approximate surface area is 89.6 Å². The van der Waals surface area contributed by atoms with Gasteiger partial charge in [-0.2, -0.15) is 5.26 Å². The van der Waals surface area contributed by atoms with E-state index in [4.69, 9.17) is 14.7 Å². The summed E-state index contributed by atoms with van der Waals surface area (Å²) in [6, 6.07) is 1.74. The molecule has 1 fully saturated rings. The molecule has 15 heavy (non-hydrogen) atoms. The van der Waals surface area contributed by atoms with E-state index < -0.39 is 6.10 Å². The van der Waals surface area contributed by atoms with E-state index in [2.05, 4.69) is 0 Å². The molecule has 2 unspecified atom stereocenters. The van der Waals surface area contributed by atoms with Crippen LogP contribution in [0.25, 0.3) is 0 Å². The Morgan fingerprint density at radius 2 is 2.53 bits per heavy atom. The van der Waals surface area contributed by atoms with Gasteiger partial charge in [-0.3, -0.25) is 9.69 Å². The van der Waals surface area contributed by atoms with E-state index in [9.17, 15) is 4.79 Å². The van der Waals surface area contributed by atoms with Crippen LogP contribution in [0.1, 0.15) is 13.8 Å². The fraction of sp³-hybridized carbons (Fsp3) is 0.800. The number of carbonyl (C=O) groups excluding carboxylic acids is 1. The Balaban J connectivity index is 2.48. The molecule has 1 heterocycles. The second kappa shape index (κ2) is 5.69. The van der Waals surface area contributed by atoms with Crippen molar-refractivity contribution in [3.63, 3.8) is 0 Å². The predicted octanol–water partition coefficient (Wildman–Crippen LogP) is 0.162. The van der Waals surface area contributed by atoms with E-state index in [1.54, 1.807) is 13.8 Å². The van der Waals surface area contributed by atoms with Crippen molar-refractivity contribution >= 4 is 5.97 Å². The molecule has 1 saturated heterocycles. The molecule has 2 atom stereocenters. The lowest BCUT2D eigenvalue weighted by atomic mass is 10.2. The third-order valence-electron chi connectivity index (χ3n) is 2.42. The summed E-state index contributed by atoms with van der Waals surface area (Å²) in [4.78, 5) is 13.4. The Hall–Kier alpha value is -1.12. The van der Waals surface area contributed by atoms with Crippen LogP contribution in [-0.4, -0.2) is 49.3 Å². The van der Waals surface area contributed by atoms with Gasteiger partial charge < -0.3 is 9.47 Å². The molecule has 84 valence electrons. The highest BCUT2D eigenvalue weighted by atomic mass is 16.5. The number of carbonyl (C=O) groups is 1. The number of nitrogens with zero attached hydrogens (tertiary/aromatic N) is 2.